The number of nitrogens with zero attached hydrogens (tertiary/aromatic N) is 3. The monoisotopic (exact) mass is 346 g/mol. The number of esters is 1. The molecule has 1 aromatic carbocycles. The zero-order chi connectivity index (χ0) is 18.4. The van der Waals surface area contributed by atoms with E-state index in [9.17, 15) is 27.2 Å². The number of benzene rings is 1. The third-order valence-electron chi connectivity index (χ3n) is 2.58. The highest BCUT2D eigenvalue weighted by molar-refractivity contribution is 5.95. The standard InChI is InChI=1S/C13H10F4N4O3/c1-5(2)13(23)24-4-3-19-12(22)6-7(14)9(16)11(20-21-18)10(17)8(6)15/h1,3-4H2,2H3,(H,19,22). The molecule has 0 saturated carbocycles. The number of nitrogens with one attached hydrogen (secondary N) is 1. The Balaban J connectivity index is 2.94. The summed E-state index contributed by atoms with van der Waals surface area (Å²) in [6.45, 7) is 3.95. The van der Waals surface area contributed by atoms with E-state index in [1.165, 1.54) is 6.92 Å². The number of halogens is 4. The molecule has 7 nitrogen and oxygen atoms in total. The first kappa shape index (κ1) is 19.0. The molecular weight excluding hydrogens is 336 g/mol. The molecule has 0 aliphatic carbocycles. The van der Waals surface area contributed by atoms with Gasteiger partial charge in [0, 0.05) is 10.5 Å². The summed E-state index contributed by atoms with van der Waals surface area (Å²) in [6.07, 6.45) is 0. The summed E-state index contributed by atoms with van der Waals surface area (Å²) in [5.74, 6) is -10.3. The average molecular weight is 346 g/mol. The van der Waals surface area contributed by atoms with Crippen LogP contribution < -0.4 is 5.32 Å². The lowest BCUT2D eigenvalue weighted by Gasteiger charge is -2.10. The van der Waals surface area contributed by atoms with Gasteiger partial charge in [-0.1, -0.05) is 11.7 Å². The third kappa shape index (κ3) is 4.02. The van der Waals surface area contributed by atoms with E-state index in [1.54, 1.807) is 0 Å². The summed E-state index contributed by atoms with van der Waals surface area (Å²) in [7, 11) is 0. The molecule has 0 radical (unpaired) electrons. The van der Waals surface area contributed by atoms with Crippen molar-refractivity contribution in [2.45, 2.75) is 6.92 Å². The van der Waals surface area contributed by atoms with Gasteiger partial charge in [0.1, 0.15) is 17.9 Å². The van der Waals surface area contributed by atoms with Crippen molar-refractivity contribution in [1.29, 1.82) is 0 Å². The number of hydrogen-bond donors (Lipinski definition) is 1. The van der Waals surface area contributed by atoms with Crippen molar-refractivity contribution in [2.24, 2.45) is 5.11 Å². The molecule has 0 heterocycles. The Hall–Kier alpha value is -3.07. The summed E-state index contributed by atoms with van der Waals surface area (Å²) < 4.78 is 59.1. The molecule has 0 bridgehead atoms. The summed E-state index contributed by atoms with van der Waals surface area (Å²) in [5.41, 5.74) is 5.14. The number of carbonyl (C=O) groups excluding carboxylic acids is 2. The number of carbonyl (C=O) groups is 2. The van der Waals surface area contributed by atoms with E-state index in [0.29, 0.717) is 0 Å². The second kappa shape index (κ2) is 7.97. The normalized spacial score (nSPS) is 9.88. The van der Waals surface area contributed by atoms with Crippen LogP contribution in [0.15, 0.2) is 17.3 Å². The fourth-order valence-electron chi connectivity index (χ4n) is 1.47. The van der Waals surface area contributed by atoms with Gasteiger partial charge < -0.3 is 10.1 Å². The van der Waals surface area contributed by atoms with E-state index >= 15 is 0 Å². The van der Waals surface area contributed by atoms with Gasteiger partial charge in [-0.3, -0.25) is 4.79 Å². The Morgan fingerprint density at radius 1 is 1.21 bits per heavy atom. The third-order valence-corrected chi connectivity index (χ3v) is 2.58. The maximum Gasteiger partial charge on any atom is 0.333 e. The topological polar surface area (TPSA) is 104 Å². The van der Waals surface area contributed by atoms with Crippen molar-refractivity contribution in [1.82, 2.24) is 5.32 Å². The van der Waals surface area contributed by atoms with Crippen LogP contribution in [-0.2, 0) is 9.53 Å². The van der Waals surface area contributed by atoms with Crippen molar-refractivity contribution in [3.63, 3.8) is 0 Å². The van der Waals surface area contributed by atoms with Crippen molar-refractivity contribution in [3.05, 3.63) is 51.4 Å². The van der Waals surface area contributed by atoms with Crippen LogP contribution in [0.25, 0.3) is 10.4 Å². The van der Waals surface area contributed by atoms with Crippen LogP contribution in [0.3, 0.4) is 0 Å². The van der Waals surface area contributed by atoms with Crippen LogP contribution in [-0.4, -0.2) is 25.0 Å². The number of azide groups is 1. The minimum atomic E-state index is -2.02. The van der Waals surface area contributed by atoms with E-state index in [2.05, 4.69) is 16.4 Å². The lowest BCUT2D eigenvalue weighted by molar-refractivity contribution is -0.138. The van der Waals surface area contributed by atoms with Gasteiger partial charge in [-0.05, 0) is 12.5 Å². The zero-order valence-corrected chi connectivity index (χ0v) is 12.2. The van der Waals surface area contributed by atoms with Gasteiger partial charge >= 0.3 is 5.97 Å². The first-order chi connectivity index (χ1) is 11.2. The second-order valence-electron chi connectivity index (χ2n) is 4.34. The molecule has 1 rings (SSSR count). The van der Waals surface area contributed by atoms with Gasteiger partial charge in [0.2, 0.25) is 0 Å². The molecule has 0 saturated heterocycles. The maximum absolute atomic E-state index is 13.7. The van der Waals surface area contributed by atoms with E-state index in [0.717, 1.165) is 0 Å². The molecule has 11 heteroatoms. The molecule has 0 aromatic heterocycles. The first-order valence-electron chi connectivity index (χ1n) is 6.24. The lowest BCUT2D eigenvalue weighted by atomic mass is 10.1. The van der Waals surface area contributed by atoms with Gasteiger partial charge in [-0.25, -0.2) is 22.4 Å². The first-order valence-corrected chi connectivity index (χ1v) is 6.24. The van der Waals surface area contributed by atoms with E-state index in [4.69, 9.17) is 5.53 Å². The number of hydrogen-bond acceptors (Lipinski definition) is 4. The molecule has 0 aliphatic heterocycles. The van der Waals surface area contributed by atoms with Crippen LogP contribution >= 0.6 is 0 Å². The number of rotatable bonds is 6. The Labute approximate surface area is 132 Å². The zero-order valence-electron chi connectivity index (χ0n) is 12.2. The van der Waals surface area contributed by atoms with Crippen LogP contribution in [0.5, 0.6) is 0 Å². The molecule has 1 N–H and O–H groups in total. The van der Waals surface area contributed by atoms with E-state index < -0.39 is 46.4 Å². The fourth-order valence-corrected chi connectivity index (χ4v) is 1.47. The minimum absolute atomic E-state index is 0.0937. The molecular formula is C13H10F4N4O3. The molecule has 0 fully saturated rings. The predicted molar refractivity (Wildman–Crippen MR) is 73.2 cm³/mol. The second-order valence-corrected chi connectivity index (χ2v) is 4.34. The van der Waals surface area contributed by atoms with Gasteiger partial charge in [0.05, 0.1) is 6.54 Å². The highest BCUT2D eigenvalue weighted by atomic mass is 19.2. The molecule has 1 aromatic rings. The quantitative estimate of drug-likeness (QED) is 0.125. The number of ether oxygens (including phenoxy) is 1. The van der Waals surface area contributed by atoms with Gasteiger partial charge in [-0.15, -0.1) is 0 Å². The Morgan fingerprint density at radius 3 is 2.21 bits per heavy atom. The largest absolute Gasteiger partial charge is 0.460 e. The maximum atomic E-state index is 13.7. The Bertz CT molecular complexity index is 731. The van der Waals surface area contributed by atoms with Crippen molar-refractivity contribution < 1.29 is 31.9 Å². The molecule has 128 valence electrons. The van der Waals surface area contributed by atoms with Gasteiger partial charge in [-0.2, -0.15) is 0 Å². The van der Waals surface area contributed by atoms with Gasteiger partial charge in [0.15, 0.2) is 23.3 Å². The Kier molecular flexibility index (Phi) is 6.30. The van der Waals surface area contributed by atoms with Gasteiger partial charge in [0.25, 0.3) is 5.91 Å². The highest BCUT2D eigenvalue weighted by Gasteiger charge is 2.28. The molecule has 0 atom stereocenters. The highest BCUT2D eigenvalue weighted by Crippen LogP contribution is 2.30. The fraction of sp³-hybridized carbons (Fsp3) is 0.231. The van der Waals surface area contributed by atoms with Crippen molar-refractivity contribution in [2.75, 3.05) is 13.2 Å². The molecule has 24 heavy (non-hydrogen) atoms. The molecule has 0 aliphatic rings. The average Bonchev–Trinajstić information content (AvgIpc) is 2.53. The summed E-state index contributed by atoms with van der Waals surface area (Å²) in [5, 5.41) is 4.41. The van der Waals surface area contributed by atoms with Crippen LogP contribution in [0.4, 0.5) is 23.2 Å². The summed E-state index contributed by atoms with van der Waals surface area (Å²) in [6, 6.07) is 0. The summed E-state index contributed by atoms with van der Waals surface area (Å²) in [4.78, 5) is 24.7. The van der Waals surface area contributed by atoms with Crippen LogP contribution in [0, 0.1) is 23.3 Å². The smallest absolute Gasteiger partial charge is 0.333 e. The van der Waals surface area contributed by atoms with E-state index in [-0.39, 0.29) is 18.7 Å². The van der Waals surface area contributed by atoms with Crippen LogP contribution in [0.1, 0.15) is 17.3 Å². The van der Waals surface area contributed by atoms with Crippen molar-refractivity contribution in [3.8, 4) is 0 Å². The van der Waals surface area contributed by atoms with Crippen LogP contribution in [0.2, 0.25) is 0 Å². The summed E-state index contributed by atoms with van der Waals surface area (Å²) >= 11 is 0. The molecule has 1 amide bonds. The molecule has 0 spiro atoms. The van der Waals surface area contributed by atoms with E-state index in [1.807, 2.05) is 10.2 Å². The molecule has 0 unspecified atom stereocenters. The minimum Gasteiger partial charge on any atom is -0.460 e. The lowest BCUT2D eigenvalue weighted by Crippen LogP contribution is -2.30. The van der Waals surface area contributed by atoms with Crippen molar-refractivity contribution >= 4 is 17.6 Å². The predicted octanol–water partition coefficient (Wildman–Crippen LogP) is 3.03. The Morgan fingerprint density at radius 2 is 1.75 bits per heavy atom. The number of amides is 1. The SMILES string of the molecule is C=C(C)C(=O)OCCNC(=O)c1c(F)c(F)c(N=[N+]=[N-])c(F)c1F.